The fourth-order valence-corrected chi connectivity index (χ4v) is 6.35. The minimum absolute atomic E-state index is 0.583. The fraction of sp³-hybridized carbons (Fsp3) is 0.521. The van der Waals surface area contributed by atoms with Crippen molar-refractivity contribution in [2.75, 3.05) is 0 Å². The Morgan fingerprint density at radius 2 is 1.07 bits per heavy atom. The van der Waals surface area contributed by atoms with Crippen molar-refractivity contribution in [1.82, 2.24) is 0 Å². The average Bonchev–Trinajstić information content (AvgIpc) is 3.17. The van der Waals surface area contributed by atoms with E-state index in [4.69, 9.17) is 26.0 Å². The number of nitrogens with one attached hydrogen (secondary N) is 2. The van der Waals surface area contributed by atoms with Gasteiger partial charge in [0.05, 0.1) is 5.69 Å². The maximum atomic E-state index is 9.11. The van der Waals surface area contributed by atoms with E-state index in [0.717, 1.165) is 41.8 Å². The number of nitrogens with zero attached hydrogens (tertiary/aromatic N) is 1. The van der Waals surface area contributed by atoms with Crippen LogP contribution in [-0.4, -0.2) is 17.5 Å². The first-order chi connectivity index (χ1) is 26.6. The van der Waals surface area contributed by atoms with Gasteiger partial charge < -0.3 is 26.0 Å². The molecule has 0 saturated heterocycles. The molecule has 0 aliphatic heterocycles. The van der Waals surface area contributed by atoms with Gasteiger partial charge in [-0.3, -0.25) is 0 Å². The summed E-state index contributed by atoms with van der Waals surface area (Å²) in [5.74, 6) is -1.17. The van der Waals surface area contributed by atoms with Crippen molar-refractivity contribution in [2.45, 2.75) is 164 Å². The predicted octanol–water partition coefficient (Wildman–Crippen LogP) is 15.6. The van der Waals surface area contributed by atoms with Crippen LogP contribution in [0.4, 0.5) is 5.69 Å². The summed E-state index contributed by atoms with van der Waals surface area (Å²) in [5, 5.41) is 0. The van der Waals surface area contributed by atoms with Gasteiger partial charge in [-0.25, -0.2) is 0 Å². The molecule has 0 aliphatic rings. The minimum atomic E-state index is -0.583. The van der Waals surface area contributed by atoms with Crippen molar-refractivity contribution in [3.8, 4) is 11.1 Å². The van der Waals surface area contributed by atoms with Crippen LogP contribution in [0.2, 0.25) is 0 Å². The Kier molecular flexibility index (Phi) is 32.1. The number of hydrogen-bond donors (Lipinski definition) is 0. The van der Waals surface area contributed by atoms with Crippen molar-refractivity contribution >= 4 is 33.4 Å². The number of allylic oxidation sites excluding steroid dienone is 1. The molecule has 0 fully saturated rings. The van der Waals surface area contributed by atoms with E-state index in [-0.39, 0.29) is 0 Å². The molecular formula is C48H70ClN3NiO2-3. The first-order valence-electron chi connectivity index (χ1n) is 20.6. The molecule has 2 amide bonds. The van der Waals surface area contributed by atoms with Gasteiger partial charge in [-0.05, 0) is 93.3 Å². The molecule has 3 aromatic carbocycles. The number of carbonyl (C=O) groups is 2. The quantitative estimate of drug-likeness (QED) is 0.0437. The molecule has 2 N–H and O–H groups in total. The summed E-state index contributed by atoms with van der Waals surface area (Å²) in [6.45, 7) is 13.7. The van der Waals surface area contributed by atoms with Crippen molar-refractivity contribution in [1.29, 1.82) is 0 Å². The summed E-state index contributed by atoms with van der Waals surface area (Å²) < 4.78 is 0. The maximum absolute atomic E-state index is 9.11. The van der Waals surface area contributed by atoms with Crippen molar-refractivity contribution in [3.05, 3.63) is 112 Å². The van der Waals surface area contributed by atoms with Crippen LogP contribution in [-0.2, 0) is 43.4 Å². The summed E-state index contributed by atoms with van der Waals surface area (Å²) in [6.07, 6.45) is 26.6. The molecule has 0 aromatic heterocycles. The molecule has 5 nitrogen and oxygen atoms in total. The third kappa shape index (κ3) is 25.6. The van der Waals surface area contributed by atoms with Crippen molar-refractivity contribution < 1.29 is 24.2 Å². The van der Waals surface area contributed by atoms with E-state index in [9.17, 15) is 0 Å². The molecule has 0 unspecified atom stereocenters. The predicted molar refractivity (Wildman–Crippen MR) is 236 cm³/mol. The van der Waals surface area contributed by atoms with E-state index < -0.39 is 11.8 Å². The Morgan fingerprint density at radius 1 is 0.600 bits per heavy atom. The number of halogens is 1. The summed E-state index contributed by atoms with van der Waals surface area (Å²) in [7, 11) is 4.26. The Hall–Kier alpha value is -3.21. The molecular weight excluding hydrogens is 745 g/mol. The zero-order chi connectivity index (χ0) is 41.3. The van der Waals surface area contributed by atoms with Gasteiger partial charge in [0, 0.05) is 11.8 Å². The number of unbranched alkanes of at least 4 members (excludes halogenated alkanes) is 11. The van der Waals surface area contributed by atoms with Crippen molar-refractivity contribution in [2.24, 2.45) is 4.99 Å². The molecule has 55 heavy (non-hydrogen) atoms. The van der Waals surface area contributed by atoms with E-state index >= 15 is 0 Å². The van der Waals surface area contributed by atoms with Gasteiger partial charge in [0.1, 0.15) is 0 Å². The molecule has 3 aromatic rings. The monoisotopic (exact) mass is 813 g/mol. The number of aryl methyl sites for hydroxylation is 3. The van der Waals surface area contributed by atoms with Gasteiger partial charge in [0.25, 0.3) is 0 Å². The van der Waals surface area contributed by atoms with Crippen LogP contribution in [0.25, 0.3) is 22.6 Å². The number of amides is 2. The second-order valence-corrected chi connectivity index (χ2v) is 14.1. The molecule has 309 valence electrons. The Balaban J connectivity index is 0.00000261. The topological polar surface area (TPSA) is 94.1 Å². The van der Waals surface area contributed by atoms with Gasteiger partial charge in [0.15, 0.2) is 0 Å². The normalized spacial score (nSPS) is 11.0. The molecule has 0 saturated carbocycles. The van der Waals surface area contributed by atoms with Crippen LogP contribution in [0.15, 0.2) is 77.3 Å². The van der Waals surface area contributed by atoms with E-state index in [0.29, 0.717) is 0 Å². The Morgan fingerprint density at radius 3 is 1.60 bits per heavy atom. The summed E-state index contributed by atoms with van der Waals surface area (Å²) in [6, 6.07) is 24.8. The summed E-state index contributed by atoms with van der Waals surface area (Å²) in [5.41, 5.74) is 23.5. The Labute approximate surface area is 348 Å². The van der Waals surface area contributed by atoms with Gasteiger partial charge in [-0.2, -0.15) is 0 Å². The molecule has 7 heteroatoms. The van der Waals surface area contributed by atoms with Crippen LogP contribution in [0.1, 0.15) is 167 Å². The number of carbonyl (C=O) groups excluding carboxylic acids is 2. The Bertz CT molecular complexity index is 1500. The zero-order valence-corrected chi connectivity index (χ0v) is 36.8. The van der Waals surface area contributed by atoms with E-state index in [2.05, 4.69) is 132 Å². The van der Waals surface area contributed by atoms with Gasteiger partial charge in [-0.15, -0.1) is 35.4 Å². The molecule has 0 radical (unpaired) electrons. The van der Waals surface area contributed by atoms with Crippen LogP contribution >= 0.6 is 10.2 Å². The summed E-state index contributed by atoms with van der Waals surface area (Å²) in [4.78, 5) is 23.4. The van der Waals surface area contributed by atoms with Crippen LogP contribution < -0.4 is 0 Å². The first-order valence-corrected chi connectivity index (χ1v) is 22.0. The van der Waals surface area contributed by atoms with Crippen LogP contribution in [0, 0.1) is 6.08 Å². The van der Waals surface area contributed by atoms with Gasteiger partial charge >= 0.3 is 24.8 Å². The van der Waals surface area contributed by atoms with Gasteiger partial charge in [0.2, 0.25) is 0 Å². The average molecular weight is 815 g/mol. The number of aliphatic imine (C=N–C) groups is 1. The molecule has 0 bridgehead atoms. The second kappa shape index (κ2) is 34.1. The SMILES string of the molecule is CC([NH-])=O.CC([NH-])=O.CCCCCCCCc1ccc(N=C(CC)C(C)=[C-]c2ccc(CCCCCCCC)c(-c3ccccc3)c2)cc1CCCC.[Cl][Ni]. The molecule has 0 aliphatic carbocycles. The summed E-state index contributed by atoms with van der Waals surface area (Å²) >= 11 is 3.35. The molecule has 3 rings (SSSR count). The van der Waals surface area contributed by atoms with Gasteiger partial charge in [-0.1, -0.05) is 153 Å². The third-order valence-electron chi connectivity index (χ3n) is 9.15. The van der Waals surface area contributed by atoms with E-state index in [1.54, 1.807) is 0 Å². The van der Waals surface area contributed by atoms with E-state index in [1.165, 1.54) is 138 Å². The van der Waals surface area contributed by atoms with E-state index in [1.807, 2.05) is 0 Å². The van der Waals surface area contributed by atoms with Crippen molar-refractivity contribution in [3.63, 3.8) is 0 Å². The van der Waals surface area contributed by atoms with Crippen LogP contribution in [0.5, 0.6) is 0 Å². The fourth-order valence-electron chi connectivity index (χ4n) is 6.35. The molecule has 0 heterocycles. The van der Waals surface area contributed by atoms with Crippen LogP contribution in [0.3, 0.4) is 0 Å². The number of hydrogen-bond acceptors (Lipinski definition) is 3. The molecule has 0 spiro atoms. The number of benzene rings is 3. The first kappa shape index (κ1) is 51.8. The second-order valence-electron chi connectivity index (χ2n) is 14.1. The molecule has 0 atom stereocenters. The standard InChI is InChI=1S/C44H62N.2C2H5NO.ClH.Ni/c1-6-10-13-15-17-20-25-38-31-32-42(35-41(38)24-12-8-3)45-44(9-4)36(5)33-37-29-30-40(28-21-18-16-14-11-7-2)43(34-37)39-26-22-19-23-27-39;2*1-2(3)4;;/h19,22-23,26-27,29-32,34-35H,6-18,20-21,24-25,28H2,1-5H3;2*1H3,(H2,3,4);1H;/q-1;;;;+1/p-3. The number of rotatable bonds is 22. The third-order valence-corrected chi connectivity index (χ3v) is 9.15. The zero-order valence-electron chi connectivity index (χ0n) is 35.0.